The number of halogens is 1. The molecular formula is C14H18ClN3O. The molecule has 0 saturated carbocycles. The van der Waals surface area contributed by atoms with Gasteiger partial charge in [0, 0.05) is 17.6 Å². The van der Waals surface area contributed by atoms with E-state index in [4.69, 9.17) is 11.6 Å². The van der Waals surface area contributed by atoms with Crippen LogP contribution in [0.5, 0.6) is 0 Å². The van der Waals surface area contributed by atoms with Crippen molar-refractivity contribution in [1.82, 2.24) is 14.5 Å². The lowest BCUT2D eigenvalue weighted by molar-refractivity contribution is 0.244. The second-order valence-corrected chi connectivity index (χ2v) is 5.56. The Bertz CT molecular complexity index is 646. The van der Waals surface area contributed by atoms with Crippen LogP contribution in [-0.4, -0.2) is 33.6 Å². The fourth-order valence-corrected chi connectivity index (χ4v) is 3.20. The molecule has 1 aliphatic heterocycles. The highest BCUT2D eigenvalue weighted by Gasteiger charge is 2.24. The number of nitrogens with one attached hydrogen (secondary N) is 1. The number of hydrogen-bond acceptors (Lipinski definition) is 2. The summed E-state index contributed by atoms with van der Waals surface area (Å²) in [6.07, 6.45) is 2.38. The third-order valence-corrected chi connectivity index (χ3v) is 4.27. The van der Waals surface area contributed by atoms with Crippen molar-refractivity contribution in [3.8, 4) is 0 Å². The van der Waals surface area contributed by atoms with Gasteiger partial charge in [0.1, 0.15) is 0 Å². The second-order valence-electron chi connectivity index (χ2n) is 5.13. The molecule has 0 amide bonds. The van der Waals surface area contributed by atoms with Gasteiger partial charge in [0.2, 0.25) is 0 Å². The van der Waals surface area contributed by atoms with Crippen LogP contribution in [0, 0.1) is 0 Å². The van der Waals surface area contributed by atoms with Crippen LogP contribution in [0.15, 0.2) is 23.0 Å². The summed E-state index contributed by atoms with van der Waals surface area (Å²) >= 11 is 6.03. The van der Waals surface area contributed by atoms with Crippen LogP contribution in [0.4, 0.5) is 0 Å². The molecule has 1 N–H and O–H groups in total. The summed E-state index contributed by atoms with van der Waals surface area (Å²) in [6, 6.07) is 5.99. The van der Waals surface area contributed by atoms with Crippen molar-refractivity contribution in [2.75, 3.05) is 13.1 Å². The molecule has 19 heavy (non-hydrogen) atoms. The van der Waals surface area contributed by atoms with Gasteiger partial charge in [-0.3, -0.25) is 9.47 Å². The zero-order valence-corrected chi connectivity index (χ0v) is 11.8. The average molecular weight is 280 g/mol. The summed E-state index contributed by atoms with van der Waals surface area (Å²) in [7, 11) is 0. The lowest BCUT2D eigenvalue weighted by Gasteiger charge is -2.22. The number of likely N-dealkylation sites (N-methyl/N-ethyl adjacent to an activating group) is 1. The zero-order valence-electron chi connectivity index (χ0n) is 11.0. The number of nitrogens with zero attached hydrogens (tertiary/aromatic N) is 2. The topological polar surface area (TPSA) is 41.0 Å². The number of imidazole rings is 1. The van der Waals surface area contributed by atoms with Gasteiger partial charge in [0.15, 0.2) is 0 Å². The van der Waals surface area contributed by atoms with Gasteiger partial charge in [-0.15, -0.1) is 0 Å². The Hall–Kier alpha value is -1.26. The van der Waals surface area contributed by atoms with E-state index in [1.807, 2.05) is 16.7 Å². The number of benzene rings is 1. The SMILES string of the molecule is CCN1CCCC1Cn1c(=O)[nH]c2ccc(Cl)cc21. The van der Waals surface area contributed by atoms with Crippen molar-refractivity contribution in [2.24, 2.45) is 0 Å². The fourth-order valence-electron chi connectivity index (χ4n) is 3.04. The first-order valence-corrected chi connectivity index (χ1v) is 7.19. The molecule has 102 valence electrons. The van der Waals surface area contributed by atoms with Crippen molar-refractivity contribution in [1.29, 1.82) is 0 Å². The first-order chi connectivity index (χ1) is 9.19. The van der Waals surface area contributed by atoms with Crippen molar-refractivity contribution in [3.63, 3.8) is 0 Å². The molecule has 0 bridgehead atoms. The van der Waals surface area contributed by atoms with Crippen LogP contribution in [-0.2, 0) is 6.54 Å². The van der Waals surface area contributed by atoms with E-state index in [-0.39, 0.29) is 5.69 Å². The fraction of sp³-hybridized carbons (Fsp3) is 0.500. The van der Waals surface area contributed by atoms with Crippen LogP contribution >= 0.6 is 11.6 Å². The van der Waals surface area contributed by atoms with Crippen LogP contribution in [0.25, 0.3) is 11.0 Å². The van der Waals surface area contributed by atoms with E-state index in [1.54, 1.807) is 6.07 Å². The molecule has 1 aromatic carbocycles. The standard InChI is InChI=1S/C14H18ClN3O/c1-2-17-7-3-4-11(17)9-18-13-8-10(15)5-6-12(13)16-14(18)19/h5-6,8,11H,2-4,7,9H2,1H3,(H,16,19). The molecule has 3 rings (SSSR count). The molecule has 2 heterocycles. The maximum atomic E-state index is 12.1. The predicted molar refractivity (Wildman–Crippen MR) is 77.8 cm³/mol. The number of fused-ring (bicyclic) bond motifs is 1. The Morgan fingerprint density at radius 3 is 3.11 bits per heavy atom. The average Bonchev–Trinajstić information content (AvgIpc) is 2.96. The van der Waals surface area contributed by atoms with Gasteiger partial charge < -0.3 is 4.98 Å². The summed E-state index contributed by atoms with van der Waals surface area (Å²) in [5.41, 5.74) is 1.72. The van der Waals surface area contributed by atoms with Gasteiger partial charge in [-0.25, -0.2) is 4.79 Å². The Balaban J connectivity index is 1.98. The van der Waals surface area contributed by atoms with E-state index in [0.717, 1.165) is 37.1 Å². The molecule has 5 heteroatoms. The molecule has 2 aromatic rings. The minimum Gasteiger partial charge on any atom is -0.306 e. The van der Waals surface area contributed by atoms with Gasteiger partial charge in [-0.05, 0) is 44.1 Å². The Labute approximate surface area is 117 Å². The lowest BCUT2D eigenvalue weighted by Crippen LogP contribution is -2.35. The van der Waals surface area contributed by atoms with Gasteiger partial charge in [-0.2, -0.15) is 0 Å². The smallest absolute Gasteiger partial charge is 0.306 e. The summed E-state index contributed by atoms with van der Waals surface area (Å²) in [4.78, 5) is 17.4. The Morgan fingerprint density at radius 1 is 1.47 bits per heavy atom. The van der Waals surface area contributed by atoms with E-state index in [9.17, 15) is 4.79 Å². The molecule has 4 nitrogen and oxygen atoms in total. The first kappa shape index (κ1) is 12.8. The number of hydrogen-bond donors (Lipinski definition) is 1. The minimum atomic E-state index is -0.0415. The quantitative estimate of drug-likeness (QED) is 0.938. The number of aromatic nitrogens is 2. The third-order valence-electron chi connectivity index (χ3n) is 4.04. The van der Waals surface area contributed by atoms with Crippen molar-refractivity contribution < 1.29 is 0 Å². The number of aromatic amines is 1. The monoisotopic (exact) mass is 279 g/mol. The zero-order chi connectivity index (χ0) is 13.4. The highest BCUT2D eigenvalue weighted by Crippen LogP contribution is 2.21. The van der Waals surface area contributed by atoms with E-state index >= 15 is 0 Å². The maximum Gasteiger partial charge on any atom is 0.326 e. The van der Waals surface area contributed by atoms with Crippen molar-refractivity contribution in [3.05, 3.63) is 33.7 Å². The molecule has 1 saturated heterocycles. The molecule has 1 unspecified atom stereocenters. The van der Waals surface area contributed by atoms with E-state index in [0.29, 0.717) is 11.1 Å². The first-order valence-electron chi connectivity index (χ1n) is 6.81. The van der Waals surface area contributed by atoms with Crippen LogP contribution in [0.1, 0.15) is 19.8 Å². The van der Waals surface area contributed by atoms with Gasteiger partial charge in [0.25, 0.3) is 0 Å². The highest BCUT2D eigenvalue weighted by atomic mass is 35.5. The third kappa shape index (κ3) is 2.30. The molecule has 1 aliphatic rings. The summed E-state index contributed by atoms with van der Waals surface area (Å²) in [6.45, 7) is 5.10. The largest absolute Gasteiger partial charge is 0.326 e. The number of H-pyrrole nitrogens is 1. The van der Waals surface area contributed by atoms with E-state index < -0.39 is 0 Å². The maximum absolute atomic E-state index is 12.1. The summed E-state index contributed by atoms with van der Waals surface area (Å²) < 4.78 is 1.82. The van der Waals surface area contributed by atoms with E-state index in [2.05, 4.69) is 16.8 Å². The normalized spacial score (nSPS) is 20.4. The summed E-state index contributed by atoms with van der Waals surface area (Å²) in [5, 5.41) is 0.666. The molecule has 1 fully saturated rings. The lowest BCUT2D eigenvalue weighted by atomic mass is 10.2. The van der Waals surface area contributed by atoms with E-state index in [1.165, 1.54) is 6.42 Å². The van der Waals surface area contributed by atoms with Crippen molar-refractivity contribution in [2.45, 2.75) is 32.4 Å². The van der Waals surface area contributed by atoms with Crippen LogP contribution in [0.3, 0.4) is 0 Å². The Morgan fingerprint density at radius 2 is 2.32 bits per heavy atom. The predicted octanol–water partition coefficient (Wildman–Crippen LogP) is 2.47. The van der Waals surface area contributed by atoms with Gasteiger partial charge in [-0.1, -0.05) is 18.5 Å². The minimum absolute atomic E-state index is 0.0415. The Kier molecular flexibility index (Phi) is 3.37. The molecular weight excluding hydrogens is 262 g/mol. The second kappa shape index (κ2) is 5.02. The van der Waals surface area contributed by atoms with Crippen LogP contribution in [0.2, 0.25) is 5.02 Å². The number of rotatable bonds is 3. The molecule has 0 aliphatic carbocycles. The number of likely N-dealkylation sites (tertiary alicyclic amines) is 1. The van der Waals surface area contributed by atoms with Crippen LogP contribution < -0.4 is 5.69 Å². The van der Waals surface area contributed by atoms with Gasteiger partial charge in [0.05, 0.1) is 11.0 Å². The highest BCUT2D eigenvalue weighted by molar-refractivity contribution is 6.31. The molecule has 0 radical (unpaired) electrons. The molecule has 1 atom stereocenters. The summed E-state index contributed by atoms with van der Waals surface area (Å²) in [5.74, 6) is 0. The van der Waals surface area contributed by atoms with Crippen molar-refractivity contribution >= 4 is 22.6 Å². The van der Waals surface area contributed by atoms with Gasteiger partial charge >= 0.3 is 5.69 Å². The molecule has 0 spiro atoms. The molecule has 1 aromatic heterocycles.